The van der Waals surface area contributed by atoms with Crippen LogP contribution in [0.25, 0.3) is 0 Å². The van der Waals surface area contributed by atoms with E-state index in [0.717, 1.165) is 0 Å². The van der Waals surface area contributed by atoms with Crippen LogP contribution in [0, 0.1) is 18.3 Å². The van der Waals surface area contributed by atoms with Gasteiger partial charge in [-0.25, -0.2) is 13.4 Å². The molecule has 0 saturated heterocycles. The minimum atomic E-state index is -3.80. The number of sulfonamides is 1. The Morgan fingerprint density at radius 3 is 2.55 bits per heavy atom. The number of anilines is 1. The number of hydrogen-bond donors (Lipinski definition) is 1. The molecular formula is C13H10ClN3O2S. The van der Waals surface area contributed by atoms with Gasteiger partial charge in [0.05, 0.1) is 10.5 Å². The molecule has 0 spiro atoms. The van der Waals surface area contributed by atoms with E-state index in [9.17, 15) is 8.42 Å². The van der Waals surface area contributed by atoms with Crippen molar-refractivity contribution in [2.24, 2.45) is 0 Å². The zero-order valence-electron chi connectivity index (χ0n) is 10.5. The largest absolute Gasteiger partial charge is 0.263 e. The van der Waals surface area contributed by atoms with Crippen LogP contribution in [0.2, 0.25) is 5.15 Å². The molecule has 0 bridgehead atoms. The van der Waals surface area contributed by atoms with Crippen LogP contribution < -0.4 is 4.72 Å². The highest BCUT2D eigenvalue weighted by Gasteiger charge is 2.18. The summed E-state index contributed by atoms with van der Waals surface area (Å²) in [5.41, 5.74) is 0.701. The van der Waals surface area contributed by atoms with E-state index >= 15 is 0 Å². The zero-order valence-corrected chi connectivity index (χ0v) is 12.0. The summed E-state index contributed by atoms with van der Waals surface area (Å²) in [6.45, 7) is 1.66. The Bertz CT molecular complexity index is 783. The maximum absolute atomic E-state index is 12.2. The number of rotatable bonds is 3. The van der Waals surface area contributed by atoms with Crippen molar-refractivity contribution < 1.29 is 8.42 Å². The van der Waals surface area contributed by atoms with Crippen LogP contribution in [0.3, 0.4) is 0 Å². The van der Waals surface area contributed by atoms with Crippen molar-refractivity contribution >= 4 is 27.4 Å². The van der Waals surface area contributed by atoms with Crippen LogP contribution >= 0.6 is 11.6 Å². The van der Waals surface area contributed by atoms with E-state index in [4.69, 9.17) is 16.9 Å². The van der Waals surface area contributed by atoms with Crippen LogP contribution in [0.4, 0.5) is 5.82 Å². The van der Waals surface area contributed by atoms with Gasteiger partial charge in [-0.2, -0.15) is 5.26 Å². The van der Waals surface area contributed by atoms with E-state index < -0.39 is 10.0 Å². The summed E-state index contributed by atoms with van der Waals surface area (Å²) >= 11 is 5.80. The predicted octanol–water partition coefficient (Wildman–Crippen LogP) is 2.72. The third kappa shape index (κ3) is 2.90. The highest BCUT2D eigenvalue weighted by Crippen LogP contribution is 2.23. The average Bonchev–Trinajstić information content (AvgIpc) is 2.39. The number of aryl methyl sites for hydroxylation is 1. The minimum absolute atomic E-state index is 0.0682. The van der Waals surface area contributed by atoms with Crippen LogP contribution in [0.5, 0.6) is 0 Å². The van der Waals surface area contributed by atoms with Gasteiger partial charge in [0.25, 0.3) is 10.0 Å². The third-order valence-corrected chi connectivity index (χ3v) is 4.13. The van der Waals surface area contributed by atoms with E-state index in [1.54, 1.807) is 25.1 Å². The molecule has 0 unspecified atom stereocenters. The number of nitrogens with one attached hydrogen (secondary N) is 1. The molecule has 1 heterocycles. The highest BCUT2D eigenvalue weighted by molar-refractivity contribution is 7.92. The first-order valence-electron chi connectivity index (χ1n) is 5.59. The average molecular weight is 308 g/mol. The Hall–Kier alpha value is -2.10. The molecule has 1 N–H and O–H groups in total. The second-order valence-electron chi connectivity index (χ2n) is 4.02. The lowest BCUT2D eigenvalue weighted by atomic mass is 10.2. The molecule has 0 atom stereocenters. The van der Waals surface area contributed by atoms with Gasteiger partial charge in [0.1, 0.15) is 11.2 Å². The van der Waals surface area contributed by atoms with Crippen molar-refractivity contribution in [3.05, 3.63) is 52.7 Å². The highest BCUT2D eigenvalue weighted by atomic mass is 35.5. The monoisotopic (exact) mass is 307 g/mol. The first-order chi connectivity index (χ1) is 9.44. The molecule has 0 aliphatic heterocycles. The quantitative estimate of drug-likeness (QED) is 0.884. The van der Waals surface area contributed by atoms with Crippen molar-refractivity contribution in [3.63, 3.8) is 0 Å². The summed E-state index contributed by atoms with van der Waals surface area (Å²) in [5.74, 6) is -0.0682. The molecule has 7 heteroatoms. The molecule has 0 saturated carbocycles. The molecule has 0 radical (unpaired) electrons. The van der Waals surface area contributed by atoms with Crippen molar-refractivity contribution in [2.45, 2.75) is 11.8 Å². The van der Waals surface area contributed by atoms with E-state index in [2.05, 4.69) is 9.71 Å². The lowest BCUT2D eigenvalue weighted by Gasteiger charge is -2.10. The van der Waals surface area contributed by atoms with E-state index in [1.807, 2.05) is 6.07 Å². The Kier molecular flexibility index (Phi) is 3.93. The van der Waals surface area contributed by atoms with E-state index in [1.165, 1.54) is 18.2 Å². The van der Waals surface area contributed by atoms with Crippen LogP contribution in [-0.4, -0.2) is 13.4 Å². The summed E-state index contributed by atoms with van der Waals surface area (Å²) < 4.78 is 26.7. The van der Waals surface area contributed by atoms with Gasteiger partial charge in [-0.1, -0.05) is 29.8 Å². The predicted molar refractivity (Wildman–Crippen MR) is 75.9 cm³/mol. The number of hydrogen-bond acceptors (Lipinski definition) is 4. The number of halogens is 1. The standard InChI is InChI=1S/C13H10ClN3O2S/c1-9-7-12(14)16-13(11(9)8-15)17-20(18,19)10-5-3-2-4-6-10/h2-7H,1H3,(H,16,17). The molecule has 0 amide bonds. The Labute approximate surface area is 121 Å². The second kappa shape index (κ2) is 5.49. The number of pyridine rings is 1. The van der Waals surface area contributed by atoms with Crippen molar-refractivity contribution in [1.82, 2.24) is 4.98 Å². The molecule has 0 fully saturated rings. The summed E-state index contributed by atoms with van der Waals surface area (Å²) in [4.78, 5) is 3.95. The lowest BCUT2D eigenvalue weighted by molar-refractivity contribution is 0.601. The summed E-state index contributed by atoms with van der Waals surface area (Å²) in [6.07, 6.45) is 0. The SMILES string of the molecule is Cc1cc(Cl)nc(NS(=O)(=O)c2ccccc2)c1C#N. The molecule has 102 valence electrons. The van der Waals surface area contributed by atoms with Crippen molar-refractivity contribution in [3.8, 4) is 6.07 Å². The second-order valence-corrected chi connectivity index (χ2v) is 6.09. The topological polar surface area (TPSA) is 82.8 Å². The van der Waals surface area contributed by atoms with Crippen molar-refractivity contribution in [2.75, 3.05) is 4.72 Å². The van der Waals surface area contributed by atoms with Gasteiger partial charge >= 0.3 is 0 Å². The number of nitrogens with zero attached hydrogens (tertiary/aromatic N) is 2. The summed E-state index contributed by atoms with van der Waals surface area (Å²) in [6, 6.07) is 11.2. The molecular weight excluding hydrogens is 298 g/mol. The molecule has 0 aliphatic carbocycles. The molecule has 0 aliphatic rings. The molecule has 20 heavy (non-hydrogen) atoms. The molecule has 5 nitrogen and oxygen atoms in total. The van der Waals surface area contributed by atoms with Crippen LogP contribution in [-0.2, 0) is 10.0 Å². The number of benzene rings is 1. The third-order valence-electron chi connectivity index (χ3n) is 2.58. The molecule has 2 rings (SSSR count). The zero-order chi connectivity index (χ0) is 14.8. The maximum atomic E-state index is 12.2. The Morgan fingerprint density at radius 1 is 1.30 bits per heavy atom. The van der Waals surface area contributed by atoms with Gasteiger partial charge in [-0.15, -0.1) is 0 Å². The van der Waals surface area contributed by atoms with Crippen LogP contribution in [0.1, 0.15) is 11.1 Å². The van der Waals surface area contributed by atoms with Gasteiger partial charge in [0.2, 0.25) is 0 Å². The fourth-order valence-electron chi connectivity index (χ4n) is 1.63. The van der Waals surface area contributed by atoms with E-state index in [-0.39, 0.29) is 21.4 Å². The normalized spacial score (nSPS) is 10.8. The van der Waals surface area contributed by atoms with E-state index in [0.29, 0.717) is 5.56 Å². The summed E-state index contributed by atoms with van der Waals surface area (Å²) in [7, 11) is -3.80. The van der Waals surface area contributed by atoms with Gasteiger partial charge in [0.15, 0.2) is 5.82 Å². The fraction of sp³-hybridized carbons (Fsp3) is 0.0769. The smallest absolute Gasteiger partial charge is 0.262 e. The lowest BCUT2D eigenvalue weighted by Crippen LogP contribution is -2.15. The number of aromatic nitrogens is 1. The first-order valence-corrected chi connectivity index (χ1v) is 7.45. The van der Waals surface area contributed by atoms with Gasteiger partial charge in [0, 0.05) is 0 Å². The number of nitriles is 1. The molecule has 1 aromatic carbocycles. The summed E-state index contributed by atoms with van der Waals surface area (Å²) in [5, 5.41) is 9.21. The van der Waals surface area contributed by atoms with Crippen LogP contribution in [0.15, 0.2) is 41.3 Å². The fourth-order valence-corrected chi connectivity index (χ4v) is 2.92. The van der Waals surface area contributed by atoms with Crippen molar-refractivity contribution in [1.29, 1.82) is 5.26 Å². The minimum Gasteiger partial charge on any atom is -0.262 e. The van der Waals surface area contributed by atoms with Gasteiger partial charge < -0.3 is 0 Å². The molecule has 1 aromatic heterocycles. The first kappa shape index (κ1) is 14.3. The van der Waals surface area contributed by atoms with Gasteiger partial charge in [-0.3, -0.25) is 4.72 Å². The molecule has 2 aromatic rings. The maximum Gasteiger partial charge on any atom is 0.263 e. The van der Waals surface area contributed by atoms with Gasteiger partial charge in [-0.05, 0) is 30.7 Å². The Balaban J connectivity index is 2.48. The Morgan fingerprint density at radius 2 is 1.95 bits per heavy atom.